The number of carbonyl (C=O) groups excluding carboxylic acids is 10. The van der Waals surface area contributed by atoms with Crippen molar-refractivity contribution in [3.05, 3.63) is 136 Å². The first-order valence-electron chi connectivity index (χ1n) is 26.8. The molecule has 0 saturated carbocycles. The number of likely N-dealkylation sites (tertiary alicyclic amines) is 1. The van der Waals surface area contributed by atoms with Gasteiger partial charge in [0, 0.05) is 79.5 Å². The van der Waals surface area contributed by atoms with Crippen LogP contribution in [0.5, 0.6) is 0 Å². The minimum Gasteiger partial charge on any atom is -0.352 e. The normalized spacial score (nSPS) is 19.6. The number of benzene rings is 4. The molecule has 6 heterocycles. The lowest BCUT2D eigenvalue weighted by Gasteiger charge is -2.34. The van der Waals surface area contributed by atoms with Crippen LogP contribution in [0.4, 0.5) is 10.5 Å². The van der Waals surface area contributed by atoms with Crippen LogP contribution in [0.15, 0.2) is 91.0 Å². The zero-order chi connectivity index (χ0) is 57.3. The van der Waals surface area contributed by atoms with Crippen LogP contribution in [0.1, 0.15) is 116 Å². The van der Waals surface area contributed by atoms with Crippen molar-refractivity contribution in [3.63, 3.8) is 0 Å². The molecule has 9 amide bonds. The number of urea groups is 1. The smallest absolute Gasteiger partial charge is 0.352 e. The van der Waals surface area contributed by atoms with Crippen LogP contribution < -0.4 is 31.9 Å². The number of ketones is 1. The standard InChI is InChI=1S/C58H58N9O13P/c59-58(77)60-30-45(63-53(72)47-28-36-14-6-13-35-16-19-43(56(75)67(47)50(35)36)62-51(70)44-27-38-26-37(17-18-42(38)61-44)57(76)81(78,79)80)48(68)29-40(33-9-2-1-3-10-33)54(73)65-24-22-32(23-25-65)8-4-5-11-34-12-7-15-39-41(34)31-66(55(39)74)46-20-21-49(69)64-52(46)71/h1-3,6-7,9-10,12-15,17-18,26-27,32,40,43,45-47,61H,4,8,16,19-25,28-31H2,(H,62,70)(H,63,72)(H3,59,60,77)(H,64,69,71)(H2,78,79,80)/t40-,43-,45-,46?,47-/m0/s1. The number of fused-ring (bicyclic) bond motifs is 2. The Labute approximate surface area is 464 Å². The molecule has 22 nitrogen and oxygen atoms in total. The lowest BCUT2D eigenvalue weighted by molar-refractivity contribution is -0.137. The maximum absolute atomic E-state index is 14.6. The molecule has 0 aliphatic carbocycles. The van der Waals surface area contributed by atoms with Crippen molar-refractivity contribution in [1.82, 2.24) is 36.1 Å². The van der Waals surface area contributed by atoms with Gasteiger partial charge < -0.3 is 46.3 Å². The molecule has 5 aromatic rings. The molecular formula is C58H58N9O13P. The number of carbonyl (C=O) groups is 10. The van der Waals surface area contributed by atoms with E-state index in [1.165, 1.54) is 34.1 Å². The predicted octanol–water partition coefficient (Wildman–Crippen LogP) is 3.22. The number of rotatable bonds is 16. The van der Waals surface area contributed by atoms with Gasteiger partial charge in [-0.25, -0.2) is 4.79 Å². The molecule has 1 unspecified atom stereocenters. The number of hydrogen-bond acceptors (Lipinski definition) is 11. The van der Waals surface area contributed by atoms with Crippen molar-refractivity contribution < 1.29 is 62.3 Å². The highest BCUT2D eigenvalue weighted by Crippen LogP contribution is 2.41. The summed E-state index contributed by atoms with van der Waals surface area (Å²) in [7, 11) is -5.08. The molecule has 9 N–H and O–H groups in total. The average Bonchev–Trinajstić information content (AvgIpc) is 4.15. The Hall–Kier alpha value is -8.77. The summed E-state index contributed by atoms with van der Waals surface area (Å²) in [6, 6.07) is 19.3. The summed E-state index contributed by atoms with van der Waals surface area (Å²) in [5.74, 6) is 1.77. The van der Waals surface area contributed by atoms with Gasteiger partial charge in [-0.2, -0.15) is 0 Å². The molecule has 418 valence electrons. The van der Waals surface area contributed by atoms with Gasteiger partial charge in [0.15, 0.2) is 5.78 Å². The third-order valence-electron chi connectivity index (χ3n) is 15.9. The van der Waals surface area contributed by atoms with Crippen molar-refractivity contribution in [2.45, 2.75) is 101 Å². The van der Waals surface area contributed by atoms with Crippen LogP contribution in [0.3, 0.4) is 0 Å². The summed E-state index contributed by atoms with van der Waals surface area (Å²) in [4.78, 5) is 160. The number of imide groups is 1. The molecule has 5 aliphatic rings. The van der Waals surface area contributed by atoms with E-state index in [1.807, 2.05) is 12.1 Å². The topological polar surface area (TPSA) is 328 Å². The number of nitrogens with one attached hydrogen (secondary N) is 5. The first-order chi connectivity index (χ1) is 38.8. The molecule has 0 spiro atoms. The number of piperidine rings is 2. The van der Waals surface area contributed by atoms with E-state index in [1.54, 1.807) is 59.5 Å². The van der Waals surface area contributed by atoms with Gasteiger partial charge >= 0.3 is 13.6 Å². The molecule has 4 aromatic carbocycles. The molecule has 5 aliphatic heterocycles. The predicted molar refractivity (Wildman–Crippen MR) is 292 cm³/mol. The van der Waals surface area contributed by atoms with Crippen molar-refractivity contribution in [2.24, 2.45) is 11.7 Å². The van der Waals surface area contributed by atoms with Crippen molar-refractivity contribution >= 4 is 82.9 Å². The average molecular weight is 1120 g/mol. The highest BCUT2D eigenvalue weighted by atomic mass is 31.2. The van der Waals surface area contributed by atoms with Gasteiger partial charge in [-0.3, -0.25) is 57.9 Å². The fourth-order valence-electron chi connectivity index (χ4n) is 11.7. The number of primary amides is 1. The number of nitrogens with zero attached hydrogens (tertiary/aromatic N) is 3. The molecule has 1 aromatic heterocycles. The number of aromatic nitrogens is 1. The zero-order valence-corrected chi connectivity index (χ0v) is 44.7. The monoisotopic (exact) mass is 1120 g/mol. The highest BCUT2D eigenvalue weighted by Gasteiger charge is 2.46. The van der Waals surface area contributed by atoms with Gasteiger partial charge in [0.25, 0.3) is 17.3 Å². The number of hydrogen-bond donors (Lipinski definition) is 8. The van der Waals surface area contributed by atoms with E-state index in [-0.39, 0.29) is 73.5 Å². The minimum absolute atomic E-state index is 0.00706. The van der Waals surface area contributed by atoms with Crippen molar-refractivity contribution in [1.29, 1.82) is 0 Å². The van der Waals surface area contributed by atoms with Gasteiger partial charge in [-0.1, -0.05) is 66.4 Å². The van der Waals surface area contributed by atoms with Crippen LogP contribution in [0.25, 0.3) is 10.9 Å². The van der Waals surface area contributed by atoms with E-state index in [4.69, 9.17) is 5.73 Å². The van der Waals surface area contributed by atoms with E-state index in [9.17, 15) is 62.3 Å². The number of amides is 9. The largest absolute Gasteiger partial charge is 0.396 e. The second-order valence-corrected chi connectivity index (χ2v) is 22.5. The number of anilines is 1. The Kier molecular flexibility index (Phi) is 15.9. The van der Waals surface area contributed by atoms with Gasteiger partial charge in [0.05, 0.1) is 11.6 Å². The van der Waals surface area contributed by atoms with E-state index < -0.39 is 85.2 Å². The minimum atomic E-state index is -5.08. The van der Waals surface area contributed by atoms with Gasteiger partial charge in [-0.15, -0.1) is 0 Å². The number of para-hydroxylation sites is 1. The maximum atomic E-state index is 14.6. The lowest BCUT2D eigenvalue weighted by atomic mass is 9.87. The maximum Gasteiger partial charge on any atom is 0.396 e. The summed E-state index contributed by atoms with van der Waals surface area (Å²) in [5.41, 5.74) is 8.66. The Morgan fingerprint density at radius 3 is 2.35 bits per heavy atom. The fraction of sp³-hybridized carbons (Fsp3) is 0.345. The Bertz CT molecular complexity index is 3560. The molecule has 0 radical (unpaired) electrons. The summed E-state index contributed by atoms with van der Waals surface area (Å²) in [5, 5.41) is 10.6. The third-order valence-corrected chi connectivity index (χ3v) is 16.7. The Balaban J connectivity index is 0.786. The van der Waals surface area contributed by atoms with Crippen LogP contribution >= 0.6 is 7.60 Å². The number of Topliss-reactive ketones (excluding diaryl/α,β-unsaturated/α-hetero) is 1. The van der Waals surface area contributed by atoms with E-state index in [2.05, 4.69) is 38.1 Å². The first-order valence-corrected chi connectivity index (χ1v) is 28.4. The van der Waals surface area contributed by atoms with Gasteiger partial charge in [0.2, 0.25) is 29.5 Å². The Morgan fingerprint density at radius 1 is 0.852 bits per heavy atom. The van der Waals surface area contributed by atoms with Gasteiger partial charge in [0.1, 0.15) is 29.9 Å². The molecule has 5 atom stereocenters. The van der Waals surface area contributed by atoms with Crippen molar-refractivity contribution in [2.75, 3.05) is 24.5 Å². The highest BCUT2D eigenvalue weighted by molar-refractivity contribution is 7.70. The molecule has 23 heteroatoms. The van der Waals surface area contributed by atoms with Crippen LogP contribution in [0.2, 0.25) is 0 Å². The number of aromatic amines is 1. The van der Waals surface area contributed by atoms with E-state index in [0.717, 1.165) is 17.5 Å². The Morgan fingerprint density at radius 2 is 1.60 bits per heavy atom. The molecule has 81 heavy (non-hydrogen) atoms. The molecular weight excluding hydrogens is 1060 g/mol. The van der Waals surface area contributed by atoms with E-state index >= 15 is 0 Å². The second kappa shape index (κ2) is 23.1. The summed E-state index contributed by atoms with van der Waals surface area (Å²) < 4.78 is 11.6. The first kappa shape index (κ1) is 55.5. The molecule has 0 bridgehead atoms. The van der Waals surface area contributed by atoms with Crippen LogP contribution in [0, 0.1) is 17.8 Å². The van der Waals surface area contributed by atoms with Crippen molar-refractivity contribution in [3.8, 4) is 11.8 Å². The number of nitrogens with two attached hydrogens (primary N) is 1. The van der Waals surface area contributed by atoms with Crippen LogP contribution in [-0.2, 0) is 52.7 Å². The number of H-pyrrole nitrogens is 1. The zero-order valence-electron chi connectivity index (χ0n) is 43.8. The summed E-state index contributed by atoms with van der Waals surface area (Å²) in [6.45, 7) is 0.637. The quantitative estimate of drug-likeness (QED) is 0.0400. The van der Waals surface area contributed by atoms with Crippen LogP contribution in [-0.4, -0.2) is 127 Å². The molecule has 2 fully saturated rings. The fourth-order valence-corrected chi connectivity index (χ4v) is 12.1. The third kappa shape index (κ3) is 11.8. The number of aryl methyl sites for hydroxylation is 1. The SMILES string of the molecule is NC(=O)NC[C@H](NC(=O)[C@@H]1Cc2cccc3c2N1C(=O)[C@@H](NC(=O)c1cc2cc(C(=O)P(=O)(O)O)ccc2[nH]1)CC3)C(=O)C[C@H](C(=O)N1CCC(CCC#Cc2cccc3c2CN(C2CCC(=O)NC2=O)C3=O)CC1)c1ccccc1. The lowest BCUT2D eigenvalue weighted by Crippen LogP contribution is -2.58. The second-order valence-electron chi connectivity index (χ2n) is 21.0. The van der Waals surface area contributed by atoms with Gasteiger partial charge in [-0.05, 0) is 103 Å². The molecule has 2 saturated heterocycles. The summed E-state index contributed by atoms with van der Waals surface area (Å²) in [6.07, 6.45) is 3.30. The van der Waals surface area contributed by atoms with E-state index in [0.29, 0.717) is 77.6 Å². The summed E-state index contributed by atoms with van der Waals surface area (Å²) >= 11 is 0. The molecule has 10 rings (SSSR count).